The topological polar surface area (TPSA) is 87.2 Å². The van der Waals surface area contributed by atoms with Crippen LogP contribution in [0, 0.1) is 11.3 Å². The summed E-state index contributed by atoms with van der Waals surface area (Å²) >= 11 is 5.92. The second kappa shape index (κ2) is 4.86. The summed E-state index contributed by atoms with van der Waals surface area (Å²) in [5, 5.41) is 8.77. The van der Waals surface area contributed by atoms with E-state index >= 15 is 0 Å². The molecule has 18 heavy (non-hydrogen) atoms. The van der Waals surface area contributed by atoms with E-state index in [2.05, 4.69) is 0 Å². The van der Waals surface area contributed by atoms with Crippen molar-refractivity contribution in [2.24, 2.45) is 5.73 Å². The quantitative estimate of drug-likeness (QED) is 0.887. The number of nitriles is 1. The molecule has 0 aliphatic carbocycles. The molecule has 2 N–H and O–H groups in total. The lowest BCUT2D eigenvalue weighted by atomic mass is 10.2. The Morgan fingerprint density at radius 2 is 2.22 bits per heavy atom. The second-order valence-electron chi connectivity index (χ2n) is 4.08. The second-order valence-corrected chi connectivity index (χ2v) is 6.35. The minimum absolute atomic E-state index is 0.000478. The van der Waals surface area contributed by atoms with E-state index in [1.54, 1.807) is 0 Å². The first-order chi connectivity index (χ1) is 8.46. The zero-order valence-electron chi connectivity index (χ0n) is 9.51. The van der Waals surface area contributed by atoms with Crippen LogP contribution in [0.25, 0.3) is 0 Å². The predicted molar refractivity (Wildman–Crippen MR) is 67.3 cm³/mol. The molecule has 1 unspecified atom stereocenters. The number of halogens is 1. The van der Waals surface area contributed by atoms with E-state index in [1.165, 1.54) is 22.5 Å². The summed E-state index contributed by atoms with van der Waals surface area (Å²) in [5.41, 5.74) is 6.08. The van der Waals surface area contributed by atoms with Gasteiger partial charge in [0.05, 0.1) is 22.8 Å². The van der Waals surface area contributed by atoms with Gasteiger partial charge in [-0.05, 0) is 31.0 Å². The molecule has 1 aromatic carbocycles. The molecule has 1 fully saturated rings. The van der Waals surface area contributed by atoms with Crippen molar-refractivity contribution in [3.63, 3.8) is 0 Å². The van der Waals surface area contributed by atoms with E-state index in [9.17, 15) is 8.42 Å². The Kier molecular flexibility index (Phi) is 3.59. The van der Waals surface area contributed by atoms with Crippen molar-refractivity contribution in [3.05, 3.63) is 28.8 Å². The zero-order valence-corrected chi connectivity index (χ0v) is 11.1. The predicted octanol–water partition coefficient (Wildman–Crippen LogP) is 1.28. The minimum atomic E-state index is -3.68. The lowest BCUT2D eigenvalue weighted by Crippen LogP contribution is -2.40. The molecule has 96 valence electrons. The zero-order chi connectivity index (χ0) is 13.3. The van der Waals surface area contributed by atoms with E-state index in [4.69, 9.17) is 22.6 Å². The maximum absolute atomic E-state index is 12.3. The van der Waals surface area contributed by atoms with Crippen LogP contribution < -0.4 is 5.73 Å². The Bertz CT molecular complexity index is 609. The van der Waals surface area contributed by atoms with Gasteiger partial charge in [0.15, 0.2) is 0 Å². The summed E-state index contributed by atoms with van der Waals surface area (Å²) in [6.45, 7) is 0.403. The molecular weight excluding hydrogens is 274 g/mol. The molecule has 0 aromatic heterocycles. The minimum Gasteiger partial charge on any atom is -0.315 e. The third-order valence-electron chi connectivity index (χ3n) is 2.90. The molecule has 7 heteroatoms. The van der Waals surface area contributed by atoms with Gasteiger partial charge in [0.1, 0.15) is 4.90 Å². The van der Waals surface area contributed by atoms with Crippen LogP contribution in [-0.4, -0.2) is 25.4 Å². The third-order valence-corrected chi connectivity index (χ3v) is 5.30. The fourth-order valence-electron chi connectivity index (χ4n) is 1.97. The Hall–Kier alpha value is -1.13. The van der Waals surface area contributed by atoms with Crippen LogP contribution in [0.2, 0.25) is 5.02 Å². The Morgan fingerprint density at radius 1 is 1.50 bits per heavy atom. The normalized spacial score (nSPS) is 20.8. The molecule has 1 saturated heterocycles. The number of hydrogen-bond acceptors (Lipinski definition) is 4. The van der Waals surface area contributed by atoms with E-state index in [0.717, 1.165) is 6.42 Å². The highest BCUT2D eigenvalue weighted by Gasteiger charge is 2.34. The molecule has 0 bridgehead atoms. The van der Waals surface area contributed by atoms with Gasteiger partial charge in [0.25, 0.3) is 0 Å². The van der Waals surface area contributed by atoms with Crippen LogP contribution in [0.5, 0.6) is 0 Å². The van der Waals surface area contributed by atoms with Gasteiger partial charge in [-0.15, -0.1) is 0 Å². The van der Waals surface area contributed by atoms with E-state index in [1.807, 2.05) is 6.07 Å². The molecule has 1 aliphatic heterocycles. The van der Waals surface area contributed by atoms with Crippen molar-refractivity contribution in [1.82, 2.24) is 4.31 Å². The van der Waals surface area contributed by atoms with Gasteiger partial charge in [0, 0.05) is 6.54 Å². The summed E-state index contributed by atoms with van der Waals surface area (Å²) in [7, 11) is -3.68. The fraction of sp³-hybridized carbons (Fsp3) is 0.364. The average molecular weight is 286 g/mol. The molecule has 1 aromatic rings. The molecule has 1 heterocycles. The van der Waals surface area contributed by atoms with E-state index < -0.39 is 16.2 Å². The van der Waals surface area contributed by atoms with Crippen molar-refractivity contribution in [2.75, 3.05) is 6.54 Å². The molecule has 5 nitrogen and oxygen atoms in total. The standard InChI is InChI=1S/C11H12ClN3O2S/c12-9-6-8(7-13)3-4-10(9)18(16,17)15-5-1-2-11(15)14/h3-4,6,11H,1-2,5,14H2. The van der Waals surface area contributed by atoms with Crippen LogP contribution in [-0.2, 0) is 10.0 Å². The van der Waals surface area contributed by atoms with Crippen molar-refractivity contribution < 1.29 is 8.42 Å². The first kappa shape index (κ1) is 13.3. The van der Waals surface area contributed by atoms with E-state index in [0.29, 0.717) is 18.5 Å². The molecule has 1 aliphatic rings. The van der Waals surface area contributed by atoms with Crippen LogP contribution in [0.4, 0.5) is 0 Å². The number of sulfonamides is 1. The van der Waals surface area contributed by atoms with Crippen LogP contribution in [0.1, 0.15) is 18.4 Å². The molecule has 0 radical (unpaired) electrons. The Morgan fingerprint density at radius 3 is 2.72 bits per heavy atom. The summed E-state index contributed by atoms with van der Waals surface area (Å²) in [5.74, 6) is 0. The first-order valence-electron chi connectivity index (χ1n) is 5.44. The number of benzene rings is 1. The monoisotopic (exact) mass is 285 g/mol. The third kappa shape index (κ3) is 2.22. The Labute approximate surface area is 111 Å². The van der Waals surface area contributed by atoms with Crippen LogP contribution in [0.3, 0.4) is 0 Å². The maximum Gasteiger partial charge on any atom is 0.245 e. The lowest BCUT2D eigenvalue weighted by molar-refractivity contribution is 0.396. The SMILES string of the molecule is N#Cc1ccc(S(=O)(=O)N2CCCC2N)c(Cl)c1. The van der Waals surface area contributed by atoms with Gasteiger partial charge in [-0.1, -0.05) is 11.6 Å². The summed E-state index contributed by atoms with van der Waals surface area (Å²) in [4.78, 5) is 0.000478. The average Bonchev–Trinajstić information content (AvgIpc) is 2.75. The van der Waals surface area contributed by atoms with Crippen LogP contribution in [0.15, 0.2) is 23.1 Å². The van der Waals surface area contributed by atoms with Gasteiger partial charge in [-0.2, -0.15) is 9.57 Å². The molecule has 2 rings (SSSR count). The maximum atomic E-state index is 12.3. The van der Waals surface area contributed by atoms with Gasteiger partial charge in [-0.3, -0.25) is 0 Å². The molecule has 0 amide bonds. The van der Waals surface area contributed by atoms with Gasteiger partial charge in [-0.25, -0.2) is 8.42 Å². The molecular formula is C11H12ClN3O2S. The fourth-order valence-corrected chi connectivity index (χ4v) is 4.07. The molecule has 0 spiro atoms. The van der Waals surface area contributed by atoms with Crippen molar-refractivity contribution in [3.8, 4) is 6.07 Å². The highest BCUT2D eigenvalue weighted by molar-refractivity contribution is 7.89. The first-order valence-corrected chi connectivity index (χ1v) is 7.25. The number of rotatable bonds is 2. The Balaban J connectivity index is 2.45. The molecule has 1 atom stereocenters. The summed E-state index contributed by atoms with van der Waals surface area (Å²) < 4.78 is 25.9. The van der Waals surface area contributed by atoms with E-state index in [-0.39, 0.29) is 9.92 Å². The van der Waals surface area contributed by atoms with Crippen molar-refractivity contribution >= 4 is 21.6 Å². The highest BCUT2D eigenvalue weighted by atomic mass is 35.5. The molecule has 0 saturated carbocycles. The summed E-state index contributed by atoms with van der Waals surface area (Å²) in [6.07, 6.45) is 0.892. The largest absolute Gasteiger partial charge is 0.315 e. The van der Waals surface area contributed by atoms with Crippen LogP contribution >= 0.6 is 11.6 Å². The van der Waals surface area contributed by atoms with Crippen molar-refractivity contribution in [2.45, 2.75) is 23.9 Å². The number of nitrogens with zero attached hydrogens (tertiary/aromatic N) is 2. The van der Waals surface area contributed by atoms with Crippen molar-refractivity contribution in [1.29, 1.82) is 5.26 Å². The lowest BCUT2D eigenvalue weighted by Gasteiger charge is -2.21. The smallest absolute Gasteiger partial charge is 0.245 e. The number of nitrogens with two attached hydrogens (primary N) is 1. The summed E-state index contributed by atoms with van der Waals surface area (Å²) in [6, 6.07) is 6.03. The number of hydrogen-bond donors (Lipinski definition) is 1. The van der Waals surface area contributed by atoms with Gasteiger partial charge >= 0.3 is 0 Å². The highest BCUT2D eigenvalue weighted by Crippen LogP contribution is 2.29. The van der Waals surface area contributed by atoms with Gasteiger partial charge in [0.2, 0.25) is 10.0 Å². The van der Waals surface area contributed by atoms with Gasteiger partial charge < -0.3 is 5.73 Å².